The van der Waals surface area contributed by atoms with E-state index < -0.39 is 0 Å². The van der Waals surface area contributed by atoms with Crippen molar-refractivity contribution in [2.45, 2.75) is 0 Å². The zero-order valence-corrected chi connectivity index (χ0v) is 26.7. The first-order chi connectivity index (χ1) is 24.8. The van der Waals surface area contributed by atoms with E-state index in [2.05, 4.69) is 84.9 Å². The Morgan fingerprint density at radius 2 is 0.860 bits per heavy atom. The minimum atomic E-state index is 0.544. The van der Waals surface area contributed by atoms with Crippen LogP contribution in [-0.4, -0.2) is 15.0 Å². The van der Waals surface area contributed by atoms with Gasteiger partial charge in [-0.3, -0.25) is 0 Å². The molecule has 50 heavy (non-hydrogen) atoms. The molecule has 0 bridgehead atoms. The lowest BCUT2D eigenvalue weighted by molar-refractivity contribution is 0.668. The standard InChI is InChI=1S/C45H27N3O2/c1-3-11-28(12-4-1)29-21-23-30(24-22-29)32-25-26-39-37(27-32)41-35(17-10-20-40(41)49-39)44-46-43(31-13-5-2-6-14-31)47-45(48-44)36-18-9-16-34-33-15-7-8-19-38(33)50-42(34)36/h1-27H. The van der Waals surface area contributed by atoms with Crippen LogP contribution in [0.5, 0.6) is 0 Å². The zero-order chi connectivity index (χ0) is 33.0. The van der Waals surface area contributed by atoms with Crippen LogP contribution < -0.4 is 0 Å². The van der Waals surface area contributed by atoms with E-state index in [4.69, 9.17) is 23.8 Å². The van der Waals surface area contributed by atoms with Crippen molar-refractivity contribution in [3.63, 3.8) is 0 Å². The highest BCUT2D eigenvalue weighted by molar-refractivity contribution is 6.13. The van der Waals surface area contributed by atoms with Crippen molar-refractivity contribution < 1.29 is 8.83 Å². The SMILES string of the molecule is c1ccc(-c2ccc(-c3ccc4oc5cccc(-c6nc(-c7ccccc7)nc(-c7cccc8c7oc7ccccc78)n6)c5c4c3)cc2)cc1. The van der Waals surface area contributed by atoms with Gasteiger partial charge in [0.25, 0.3) is 0 Å². The van der Waals surface area contributed by atoms with Crippen LogP contribution in [0.2, 0.25) is 0 Å². The van der Waals surface area contributed by atoms with Gasteiger partial charge in [0.1, 0.15) is 22.3 Å². The largest absolute Gasteiger partial charge is 0.456 e. The highest BCUT2D eigenvalue weighted by atomic mass is 16.3. The summed E-state index contributed by atoms with van der Waals surface area (Å²) in [6.45, 7) is 0. The summed E-state index contributed by atoms with van der Waals surface area (Å²) in [5, 5.41) is 4.04. The van der Waals surface area contributed by atoms with E-state index in [1.807, 2.05) is 78.9 Å². The van der Waals surface area contributed by atoms with Gasteiger partial charge < -0.3 is 8.83 Å². The minimum absolute atomic E-state index is 0.544. The van der Waals surface area contributed by atoms with Crippen LogP contribution >= 0.6 is 0 Å². The van der Waals surface area contributed by atoms with Crippen LogP contribution in [0, 0.1) is 0 Å². The van der Waals surface area contributed by atoms with Gasteiger partial charge >= 0.3 is 0 Å². The maximum absolute atomic E-state index is 6.42. The maximum Gasteiger partial charge on any atom is 0.167 e. The van der Waals surface area contributed by atoms with E-state index in [0.29, 0.717) is 17.5 Å². The Kier molecular flexibility index (Phi) is 6.42. The van der Waals surface area contributed by atoms with E-state index in [9.17, 15) is 0 Å². The van der Waals surface area contributed by atoms with E-state index >= 15 is 0 Å². The number of para-hydroxylation sites is 2. The molecule has 0 aliphatic rings. The number of hydrogen-bond donors (Lipinski definition) is 0. The fourth-order valence-corrected chi connectivity index (χ4v) is 6.93. The van der Waals surface area contributed by atoms with Crippen molar-refractivity contribution in [3.8, 4) is 56.4 Å². The van der Waals surface area contributed by atoms with Crippen molar-refractivity contribution in [1.82, 2.24) is 15.0 Å². The van der Waals surface area contributed by atoms with E-state index in [1.165, 1.54) is 11.1 Å². The number of hydrogen-bond acceptors (Lipinski definition) is 5. The van der Waals surface area contributed by atoms with Crippen molar-refractivity contribution in [1.29, 1.82) is 0 Å². The number of nitrogens with zero attached hydrogens (tertiary/aromatic N) is 3. The van der Waals surface area contributed by atoms with Gasteiger partial charge in [-0.1, -0.05) is 133 Å². The smallest absolute Gasteiger partial charge is 0.167 e. The van der Waals surface area contributed by atoms with Crippen molar-refractivity contribution in [3.05, 3.63) is 164 Å². The average Bonchev–Trinajstić information content (AvgIpc) is 3.77. The maximum atomic E-state index is 6.42. The first kappa shape index (κ1) is 28.2. The molecule has 0 aliphatic heterocycles. The summed E-state index contributed by atoms with van der Waals surface area (Å²) in [4.78, 5) is 15.3. The summed E-state index contributed by atoms with van der Waals surface area (Å²) >= 11 is 0. The van der Waals surface area contributed by atoms with Crippen molar-refractivity contribution >= 4 is 43.9 Å². The Morgan fingerprint density at radius 3 is 1.66 bits per heavy atom. The van der Waals surface area contributed by atoms with E-state index in [-0.39, 0.29) is 0 Å². The highest BCUT2D eigenvalue weighted by Crippen LogP contribution is 2.40. The third-order valence-electron chi connectivity index (χ3n) is 9.37. The molecule has 234 valence electrons. The van der Waals surface area contributed by atoms with Gasteiger partial charge in [-0.05, 0) is 52.6 Å². The van der Waals surface area contributed by atoms with Gasteiger partial charge in [0.2, 0.25) is 0 Å². The summed E-state index contributed by atoms with van der Waals surface area (Å²) in [6, 6.07) is 55.8. The highest BCUT2D eigenvalue weighted by Gasteiger charge is 2.20. The van der Waals surface area contributed by atoms with Crippen LogP contribution in [-0.2, 0) is 0 Å². The summed E-state index contributed by atoms with van der Waals surface area (Å²) < 4.78 is 12.8. The van der Waals surface area contributed by atoms with Gasteiger partial charge in [-0.15, -0.1) is 0 Å². The van der Waals surface area contributed by atoms with Crippen LogP contribution in [0.1, 0.15) is 0 Å². The number of benzene rings is 7. The number of fused-ring (bicyclic) bond motifs is 6. The molecule has 0 aliphatic carbocycles. The summed E-state index contributed by atoms with van der Waals surface area (Å²) in [5.74, 6) is 1.69. The molecule has 10 aromatic rings. The first-order valence-electron chi connectivity index (χ1n) is 16.6. The number of furan rings is 2. The molecule has 3 heterocycles. The molecule has 10 rings (SSSR count). The molecule has 0 fully saturated rings. The molecule has 7 aromatic carbocycles. The fraction of sp³-hybridized carbons (Fsp3) is 0. The second kappa shape index (κ2) is 11.4. The summed E-state index contributed by atoms with van der Waals surface area (Å²) in [7, 11) is 0. The Hall–Kier alpha value is -6.85. The Balaban J connectivity index is 1.16. The molecule has 0 spiro atoms. The first-order valence-corrected chi connectivity index (χ1v) is 16.6. The molecule has 5 heteroatoms. The van der Waals surface area contributed by atoms with Crippen LogP contribution in [0.25, 0.3) is 100 Å². The van der Waals surface area contributed by atoms with Crippen molar-refractivity contribution in [2.24, 2.45) is 0 Å². The quantitative estimate of drug-likeness (QED) is 0.187. The molecule has 0 saturated heterocycles. The van der Waals surface area contributed by atoms with Crippen LogP contribution in [0.4, 0.5) is 0 Å². The molecule has 0 unspecified atom stereocenters. The second-order valence-electron chi connectivity index (χ2n) is 12.4. The van der Waals surface area contributed by atoms with Gasteiger partial charge in [0.05, 0.1) is 5.56 Å². The molecule has 0 atom stereocenters. The molecule has 3 aromatic heterocycles. The Bertz CT molecular complexity index is 2850. The third kappa shape index (κ3) is 4.67. The molecule has 0 N–H and O–H groups in total. The number of rotatable bonds is 5. The predicted molar refractivity (Wildman–Crippen MR) is 202 cm³/mol. The average molecular weight is 642 g/mol. The molecule has 5 nitrogen and oxygen atoms in total. The van der Waals surface area contributed by atoms with Gasteiger partial charge in [0, 0.05) is 32.7 Å². The van der Waals surface area contributed by atoms with Gasteiger partial charge in [-0.2, -0.15) is 0 Å². The lowest BCUT2D eigenvalue weighted by atomic mass is 9.98. The lowest BCUT2D eigenvalue weighted by Gasteiger charge is -2.10. The Morgan fingerprint density at radius 1 is 0.320 bits per heavy atom. The van der Waals surface area contributed by atoms with Crippen LogP contribution in [0.15, 0.2) is 173 Å². The van der Waals surface area contributed by atoms with E-state index in [1.54, 1.807) is 0 Å². The molecular formula is C45H27N3O2. The van der Waals surface area contributed by atoms with E-state index in [0.717, 1.165) is 71.7 Å². The lowest BCUT2D eigenvalue weighted by Crippen LogP contribution is -2.00. The monoisotopic (exact) mass is 641 g/mol. The third-order valence-corrected chi connectivity index (χ3v) is 9.37. The summed E-state index contributed by atoms with van der Waals surface area (Å²) in [5.41, 5.74) is 10.4. The second-order valence-corrected chi connectivity index (χ2v) is 12.4. The zero-order valence-electron chi connectivity index (χ0n) is 26.7. The van der Waals surface area contributed by atoms with Gasteiger partial charge in [-0.25, -0.2) is 15.0 Å². The van der Waals surface area contributed by atoms with Crippen LogP contribution in [0.3, 0.4) is 0 Å². The molecule has 0 radical (unpaired) electrons. The topological polar surface area (TPSA) is 65.0 Å². The molecule has 0 saturated carbocycles. The number of aromatic nitrogens is 3. The van der Waals surface area contributed by atoms with Gasteiger partial charge in [0.15, 0.2) is 17.5 Å². The Labute approximate surface area is 287 Å². The fourth-order valence-electron chi connectivity index (χ4n) is 6.93. The molecule has 0 amide bonds. The normalized spacial score (nSPS) is 11.6. The predicted octanol–water partition coefficient (Wildman–Crippen LogP) is 12.0. The summed E-state index contributed by atoms with van der Waals surface area (Å²) in [6.07, 6.45) is 0. The van der Waals surface area contributed by atoms with Crippen molar-refractivity contribution in [2.75, 3.05) is 0 Å². The minimum Gasteiger partial charge on any atom is -0.456 e. The molecular weight excluding hydrogens is 615 g/mol.